The molecule has 0 saturated carbocycles. The normalized spacial score (nSPS) is 11.6. The molecule has 0 aliphatic heterocycles. The van der Waals surface area contributed by atoms with Crippen molar-refractivity contribution in [1.29, 1.82) is 0 Å². The van der Waals surface area contributed by atoms with Gasteiger partial charge in [-0.1, -0.05) is 11.8 Å². The Morgan fingerprint density at radius 2 is 0.882 bits per heavy atom. The first-order valence-electron chi connectivity index (χ1n) is 11.7. The van der Waals surface area contributed by atoms with Crippen LogP contribution in [0.3, 0.4) is 0 Å². The summed E-state index contributed by atoms with van der Waals surface area (Å²) in [4.78, 5) is 22.2. The van der Waals surface area contributed by atoms with E-state index in [0.717, 1.165) is 0 Å². The van der Waals surface area contributed by atoms with Crippen LogP contribution < -0.4 is 0 Å². The van der Waals surface area contributed by atoms with Crippen LogP contribution in [0, 0.1) is 0 Å². The molecule has 10 nitrogen and oxygen atoms in total. The predicted octanol–water partition coefficient (Wildman–Crippen LogP) is 2.11. The molecule has 0 rings (SSSR count). The van der Waals surface area contributed by atoms with Gasteiger partial charge in [-0.25, -0.2) is 0 Å². The number of carbonyl (C=O) groups excluding carboxylic acids is 2. The molecule has 202 valence electrons. The van der Waals surface area contributed by atoms with Crippen LogP contribution in [0.1, 0.15) is 34.1 Å². The minimum Gasteiger partial charge on any atom is -0.460 e. The number of rotatable bonds is 24. The Hall–Kier alpha value is -0.790. The topological polar surface area (TPSA) is 108 Å². The first-order valence-corrected chi connectivity index (χ1v) is 12.7. The highest BCUT2D eigenvalue weighted by atomic mass is 32.2. The molecule has 0 fully saturated rings. The van der Waals surface area contributed by atoms with E-state index in [9.17, 15) is 9.59 Å². The minimum atomic E-state index is -0.468. The third kappa shape index (κ3) is 29.2. The first kappa shape index (κ1) is 33.2. The third-order valence-electron chi connectivity index (χ3n) is 3.64. The highest BCUT2D eigenvalue weighted by Gasteiger charge is 2.15. The second kappa shape index (κ2) is 23.9. The molecule has 0 aromatic heterocycles. The Kier molecular flexibility index (Phi) is 23.4. The highest BCUT2D eigenvalue weighted by molar-refractivity contribution is 8.13. The van der Waals surface area contributed by atoms with Gasteiger partial charge < -0.3 is 37.9 Å². The molecule has 0 bridgehead atoms. The Morgan fingerprint density at radius 3 is 1.21 bits per heavy atom. The minimum absolute atomic E-state index is 0.103. The summed E-state index contributed by atoms with van der Waals surface area (Å²) >= 11 is 1.26. The lowest BCUT2D eigenvalue weighted by molar-refractivity contribution is -0.156. The van der Waals surface area contributed by atoms with Crippen molar-refractivity contribution in [3.63, 3.8) is 0 Å². The quantitative estimate of drug-likeness (QED) is 0.140. The standard InChI is InChI=1S/C23H44O10S/c1-21(24)34-20-19-32-18-17-31-16-15-30-14-13-29-12-11-28-10-9-27-8-7-26-6-5-22(25)33-23(2,3)4/h5-20H2,1-4H3. The second-order valence-corrected chi connectivity index (χ2v) is 9.23. The van der Waals surface area contributed by atoms with E-state index >= 15 is 0 Å². The van der Waals surface area contributed by atoms with Crippen LogP contribution in [-0.4, -0.2) is 115 Å². The van der Waals surface area contributed by atoms with E-state index in [-0.39, 0.29) is 17.5 Å². The lowest BCUT2D eigenvalue weighted by Gasteiger charge is -2.19. The SMILES string of the molecule is CC(=O)SCCOCCOCCOCCOCCOCCOCCOCCC(=O)OC(C)(C)C. The van der Waals surface area contributed by atoms with Crippen LogP contribution in [-0.2, 0) is 47.5 Å². The fraction of sp³-hybridized carbons (Fsp3) is 0.913. The third-order valence-corrected chi connectivity index (χ3v) is 4.41. The van der Waals surface area contributed by atoms with Gasteiger partial charge in [-0.3, -0.25) is 9.59 Å². The van der Waals surface area contributed by atoms with E-state index < -0.39 is 5.60 Å². The zero-order valence-electron chi connectivity index (χ0n) is 21.3. The van der Waals surface area contributed by atoms with Gasteiger partial charge in [-0.2, -0.15) is 0 Å². The van der Waals surface area contributed by atoms with Crippen LogP contribution in [0.25, 0.3) is 0 Å². The van der Waals surface area contributed by atoms with E-state index in [1.807, 2.05) is 20.8 Å². The maximum Gasteiger partial charge on any atom is 0.308 e. The second-order valence-electron chi connectivity index (χ2n) is 7.96. The van der Waals surface area contributed by atoms with Crippen molar-refractivity contribution < 1.29 is 47.5 Å². The molecule has 0 unspecified atom stereocenters. The first-order chi connectivity index (χ1) is 16.3. The van der Waals surface area contributed by atoms with Gasteiger partial charge in [0.1, 0.15) is 5.60 Å². The Labute approximate surface area is 208 Å². The van der Waals surface area contributed by atoms with Gasteiger partial charge in [0.25, 0.3) is 0 Å². The molecule has 0 aliphatic carbocycles. The molecule has 0 spiro atoms. The zero-order valence-corrected chi connectivity index (χ0v) is 22.1. The van der Waals surface area contributed by atoms with Crippen molar-refractivity contribution in [2.24, 2.45) is 0 Å². The van der Waals surface area contributed by atoms with Crippen molar-refractivity contribution in [3.05, 3.63) is 0 Å². The number of thioether (sulfide) groups is 1. The summed E-state index contributed by atoms with van der Waals surface area (Å²) in [5.74, 6) is 0.410. The lowest BCUT2D eigenvalue weighted by atomic mass is 10.2. The monoisotopic (exact) mass is 512 g/mol. The number of ether oxygens (including phenoxy) is 8. The summed E-state index contributed by atoms with van der Waals surface area (Å²) in [6, 6.07) is 0. The molecule has 0 aromatic carbocycles. The number of hydrogen-bond acceptors (Lipinski definition) is 11. The summed E-state index contributed by atoms with van der Waals surface area (Å²) in [6.07, 6.45) is 0.235. The van der Waals surface area contributed by atoms with Crippen molar-refractivity contribution >= 4 is 22.8 Å². The molecule has 11 heteroatoms. The summed E-state index contributed by atoms with van der Waals surface area (Å²) in [6.45, 7) is 13.7. The van der Waals surface area contributed by atoms with E-state index in [4.69, 9.17) is 37.9 Å². The van der Waals surface area contributed by atoms with Gasteiger partial charge >= 0.3 is 5.97 Å². The van der Waals surface area contributed by atoms with Crippen LogP contribution in [0.15, 0.2) is 0 Å². The van der Waals surface area contributed by atoms with Gasteiger partial charge in [-0.15, -0.1) is 0 Å². The predicted molar refractivity (Wildman–Crippen MR) is 129 cm³/mol. The molecule has 0 N–H and O–H groups in total. The van der Waals surface area contributed by atoms with Crippen molar-refractivity contribution in [3.8, 4) is 0 Å². The summed E-state index contributed by atoms with van der Waals surface area (Å²) in [5.41, 5.74) is -0.468. The zero-order chi connectivity index (χ0) is 25.3. The van der Waals surface area contributed by atoms with Crippen LogP contribution in [0.4, 0.5) is 0 Å². The highest BCUT2D eigenvalue weighted by Crippen LogP contribution is 2.08. The Balaban J connectivity index is 3.11. The maximum absolute atomic E-state index is 11.5. The fourth-order valence-electron chi connectivity index (χ4n) is 2.21. The molecule has 34 heavy (non-hydrogen) atoms. The van der Waals surface area contributed by atoms with Crippen LogP contribution in [0.5, 0.6) is 0 Å². The average Bonchev–Trinajstić information content (AvgIpc) is 2.75. The van der Waals surface area contributed by atoms with Crippen molar-refractivity contribution in [1.82, 2.24) is 0 Å². The summed E-state index contributed by atoms with van der Waals surface area (Å²) < 4.78 is 42.9. The van der Waals surface area contributed by atoms with Crippen molar-refractivity contribution in [2.75, 3.05) is 98.2 Å². The molecule has 0 saturated heterocycles. The fourth-order valence-corrected chi connectivity index (χ4v) is 2.70. The number of carbonyl (C=O) groups is 2. The largest absolute Gasteiger partial charge is 0.460 e. The summed E-state index contributed by atoms with van der Waals surface area (Å²) in [5, 5.41) is 0.103. The van der Waals surface area contributed by atoms with E-state index in [2.05, 4.69) is 0 Å². The van der Waals surface area contributed by atoms with E-state index in [0.29, 0.717) is 98.2 Å². The van der Waals surface area contributed by atoms with Crippen molar-refractivity contribution in [2.45, 2.75) is 39.7 Å². The Bertz CT molecular complexity index is 485. The summed E-state index contributed by atoms with van der Waals surface area (Å²) in [7, 11) is 0. The van der Waals surface area contributed by atoms with E-state index in [1.165, 1.54) is 11.8 Å². The van der Waals surface area contributed by atoms with Gasteiger partial charge in [0.15, 0.2) is 5.12 Å². The molecule has 0 heterocycles. The number of hydrogen-bond donors (Lipinski definition) is 0. The maximum atomic E-state index is 11.5. The molecular formula is C23H44O10S. The molecule has 0 atom stereocenters. The average molecular weight is 513 g/mol. The van der Waals surface area contributed by atoms with Crippen LogP contribution >= 0.6 is 11.8 Å². The molecule has 0 amide bonds. The van der Waals surface area contributed by atoms with Gasteiger partial charge in [0.05, 0.1) is 98.9 Å². The molecule has 0 radical (unpaired) electrons. The smallest absolute Gasteiger partial charge is 0.308 e. The van der Waals surface area contributed by atoms with Gasteiger partial charge in [-0.05, 0) is 20.8 Å². The van der Waals surface area contributed by atoms with E-state index in [1.54, 1.807) is 6.92 Å². The lowest BCUT2D eigenvalue weighted by Crippen LogP contribution is -2.24. The van der Waals surface area contributed by atoms with Crippen LogP contribution in [0.2, 0.25) is 0 Å². The van der Waals surface area contributed by atoms with Gasteiger partial charge in [0, 0.05) is 12.7 Å². The number of esters is 1. The molecular weight excluding hydrogens is 468 g/mol. The van der Waals surface area contributed by atoms with Gasteiger partial charge in [0.2, 0.25) is 0 Å². The Morgan fingerprint density at radius 1 is 0.559 bits per heavy atom. The molecule has 0 aliphatic rings. The molecule has 0 aromatic rings.